The van der Waals surface area contributed by atoms with Crippen molar-refractivity contribution in [3.63, 3.8) is 0 Å². The van der Waals surface area contributed by atoms with E-state index < -0.39 is 26.7 Å². The van der Waals surface area contributed by atoms with Crippen LogP contribution in [0.5, 0.6) is 5.75 Å². The van der Waals surface area contributed by atoms with Crippen molar-refractivity contribution in [2.75, 3.05) is 13.1 Å². The molecule has 0 aromatic heterocycles. The number of amides is 1. The summed E-state index contributed by atoms with van der Waals surface area (Å²) in [6.45, 7) is 12.9. The first-order chi connectivity index (χ1) is 13.4. The zero-order valence-electron chi connectivity index (χ0n) is 18.1. The van der Waals surface area contributed by atoms with Crippen LogP contribution in [0.15, 0.2) is 23.1 Å². The van der Waals surface area contributed by atoms with Gasteiger partial charge in [0.15, 0.2) is 11.9 Å². The number of nitro groups is 1. The number of ether oxygens (including phenoxy) is 1. The number of rotatable bonds is 10. The van der Waals surface area contributed by atoms with Gasteiger partial charge >= 0.3 is 5.69 Å². The molecule has 0 N–H and O–H groups in total. The molecule has 29 heavy (non-hydrogen) atoms. The van der Waals surface area contributed by atoms with Crippen LogP contribution in [0.4, 0.5) is 5.69 Å². The minimum Gasteiger partial charge on any atom is -0.474 e. The molecule has 0 heterocycles. The number of nitro benzene ring substituents is 1. The number of hydrogen-bond acceptors (Lipinski definition) is 6. The highest BCUT2D eigenvalue weighted by molar-refractivity contribution is 7.89. The number of carbonyl (C=O) groups is 1. The molecule has 0 saturated carbocycles. The van der Waals surface area contributed by atoms with E-state index in [1.807, 2.05) is 27.7 Å². The van der Waals surface area contributed by atoms with Gasteiger partial charge in [-0.05, 0) is 46.8 Å². The standard InChI is InChI=1S/C19H31N3O6S/c1-8-20(9-2)29(26,27)16-10-11-18(17(12-16)22(24)25)28-15(7)19(23)21(13(3)4)14(5)6/h10-15H,8-9H2,1-7H3/t15-/m0/s1. The summed E-state index contributed by atoms with van der Waals surface area (Å²) < 4.78 is 32.1. The minimum atomic E-state index is -3.86. The molecule has 0 aliphatic rings. The molecule has 0 bridgehead atoms. The van der Waals surface area contributed by atoms with E-state index in [0.29, 0.717) is 0 Å². The lowest BCUT2D eigenvalue weighted by molar-refractivity contribution is -0.386. The average molecular weight is 430 g/mol. The third-order valence-corrected chi connectivity index (χ3v) is 6.53. The van der Waals surface area contributed by atoms with Gasteiger partial charge < -0.3 is 9.64 Å². The summed E-state index contributed by atoms with van der Waals surface area (Å²) in [5.74, 6) is -0.453. The molecule has 0 aliphatic heterocycles. The fourth-order valence-electron chi connectivity index (χ4n) is 3.17. The quantitative estimate of drug-likeness (QED) is 0.418. The summed E-state index contributed by atoms with van der Waals surface area (Å²) in [5.41, 5.74) is -0.501. The minimum absolute atomic E-state index is 0.0647. The fourth-order valence-corrected chi connectivity index (χ4v) is 4.65. The van der Waals surface area contributed by atoms with Crippen LogP contribution in [0.3, 0.4) is 0 Å². The van der Waals surface area contributed by atoms with Crippen molar-refractivity contribution in [3.05, 3.63) is 28.3 Å². The lowest BCUT2D eigenvalue weighted by atomic mass is 10.2. The topological polar surface area (TPSA) is 110 Å². The zero-order chi connectivity index (χ0) is 22.5. The number of carbonyl (C=O) groups excluding carboxylic acids is 1. The molecule has 1 rings (SSSR count). The Bertz CT molecular complexity index is 826. The van der Waals surface area contributed by atoms with Crippen LogP contribution in [0.25, 0.3) is 0 Å². The summed E-state index contributed by atoms with van der Waals surface area (Å²) >= 11 is 0. The van der Waals surface area contributed by atoms with E-state index >= 15 is 0 Å². The van der Waals surface area contributed by atoms with Gasteiger partial charge in [0.1, 0.15) is 0 Å². The Labute approximate surface area is 172 Å². The van der Waals surface area contributed by atoms with Gasteiger partial charge in [-0.25, -0.2) is 8.42 Å². The van der Waals surface area contributed by atoms with Gasteiger partial charge in [-0.3, -0.25) is 14.9 Å². The van der Waals surface area contributed by atoms with Crippen molar-refractivity contribution in [2.24, 2.45) is 0 Å². The maximum Gasteiger partial charge on any atom is 0.312 e. The summed E-state index contributed by atoms with van der Waals surface area (Å²) in [6.07, 6.45) is -0.969. The first-order valence-electron chi connectivity index (χ1n) is 9.65. The van der Waals surface area contributed by atoms with Crippen LogP contribution in [0, 0.1) is 10.1 Å². The van der Waals surface area contributed by atoms with E-state index in [2.05, 4.69) is 0 Å². The van der Waals surface area contributed by atoms with Crippen molar-refractivity contribution in [1.82, 2.24) is 9.21 Å². The molecule has 1 atom stereocenters. The molecule has 1 aromatic carbocycles. The van der Waals surface area contributed by atoms with Crippen molar-refractivity contribution in [3.8, 4) is 5.75 Å². The van der Waals surface area contributed by atoms with Crippen LogP contribution in [0.1, 0.15) is 48.5 Å². The second kappa shape index (κ2) is 10.0. The highest BCUT2D eigenvalue weighted by Crippen LogP contribution is 2.32. The third-order valence-electron chi connectivity index (χ3n) is 4.49. The predicted molar refractivity (Wildman–Crippen MR) is 110 cm³/mol. The lowest BCUT2D eigenvalue weighted by Crippen LogP contribution is -2.48. The number of hydrogen-bond donors (Lipinski definition) is 0. The fraction of sp³-hybridized carbons (Fsp3) is 0.632. The molecule has 0 saturated heterocycles. The maximum absolute atomic E-state index is 12.7. The van der Waals surface area contributed by atoms with Gasteiger partial charge in [0.2, 0.25) is 10.0 Å². The SMILES string of the molecule is CCN(CC)S(=O)(=O)c1ccc(O[C@@H](C)C(=O)N(C(C)C)C(C)C)c([N+](=O)[O-])c1. The molecule has 1 aromatic rings. The maximum atomic E-state index is 12.7. The number of sulfonamides is 1. The Kier molecular flexibility index (Phi) is 8.58. The van der Waals surface area contributed by atoms with E-state index in [0.717, 1.165) is 6.07 Å². The third kappa shape index (κ3) is 5.66. The molecule has 0 spiro atoms. The van der Waals surface area contributed by atoms with Gasteiger partial charge in [0.25, 0.3) is 5.91 Å². The molecular weight excluding hydrogens is 398 g/mol. The Balaban J connectivity index is 3.28. The summed E-state index contributed by atoms with van der Waals surface area (Å²) in [5, 5.41) is 11.5. The van der Waals surface area contributed by atoms with Crippen LogP contribution in [-0.2, 0) is 14.8 Å². The highest BCUT2D eigenvalue weighted by atomic mass is 32.2. The smallest absolute Gasteiger partial charge is 0.312 e. The van der Waals surface area contributed by atoms with E-state index in [-0.39, 0.29) is 41.7 Å². The van der Waals surface area contributed by atoms with Crippen LogP contribution in [-0.4, -0.2) is 59.7 Å². The first-order valence-corrected chi connectivity index (χ1v) is 11.1. The van der Waals surface area contributed by atoms with Gasteiger partial charge in [-0.1, -0.05) is 13.8 Å². The van der Waals surface area contributed by atoms with Gasteiger partial charge in [-0.15, -0.1) is 0 Å². The first kappa shape index (κ1) is 24.8. The predicted octanol–water partition coefficient (Wildman–Crippen LogP) is 3.04. The van der Waals surface area contributed by atoms with E-state index in [4.69, 9.17) is 4.74 Å². The van der Waals surface area contributed by atoms with E-state index in [1.54, 1.807) is 18.7 Å². The van der Waals surface area contributed by atoms with Gasteiger partial charge in [0.05, 0.1) is 9.82 Å². The van der Waals surface area contributed by atoms with Crippen molar-refractivity contribution < 1.29 is 22.9 Å². The second-order valence-corrected chi connectivity index (χ2v) is 9.11. The molecule has 1 amide bonds. The van der Waals surface area contributed by atoms with Crippen LogP contribution in [0.2, 0.25) is 0 Å². The highest BCUT2D eigenvalue weighted by Gasteiger charge is 2.30. The summed E-state index contributed by atoms with van der Waals surface area (Å²) in [7, 11) is -3.86. The van der Waals surface area contributed by atoms with Crippen LogP contribution >= 0.6 is 0 Å². The average Bonchev–Trinajstić information content (AvgIpc) is 2.61. The van der Waals surface area contributed by atoms with Crippen molar-refractivity contribution in [1.29, 1.82) is 0 Å². The molecule has 0 aliphatic carbocycles. The number of benzene rings is 1. The Morgan fingerprint density at radius 2 is 1.62 bits per heavy atom. The molecule has 0 radical (unpaired) electrons. The summed E-state index contributed by atoms with van der Waals surface area (Å²) in [6, 6.07) is 3.33. The Morgan fingerprint density at radius 1 is 1.10 bits per heavy atom. The van der Waals surface area contributed by atoms with E-state index in [9.17, 15) is 23.3 Å². The Hall–Kier alpha value is -2.20. The van der Waals surface area contributed by atoms with Crippen LogP contribution < -0.4 is 4.74 Å². The zero-order valence-corrected chi connectivity index (χ0v) is 18.9. The second-order valence-electron chi connectivity index (χ2n) is 7.17. The van der Waals surface area contributed by atoms with Crippen molar-refractivity contribution in [2.45, 2.75) is 71.5 Å². The number of nitrogens with zero attached hydrogens (tertiary/aromatic N) is 3. The van der Waals surface area contributed by atoms with Crippen molar-refractivity contribution >= 4 is 21.6 Å². The lowest BCUT2D eigenvalue weighted by Gasteiger charge is -2.33. The molecule has 10 heteroatoms. The molecule has 164 valence electrons. The van der Waals surface area contributed by atoms with E-state index in [1.165, 1.54) is 23.4 Å². The molecular formula is C19H31N3O6S. The Morgan fingerprint density at radius 3 is 2.03 bits per heavy atom. The van der Waals surface area contributed by atoms with Gasteiger partial charge in [0, 0.05) is 31.2 Å². The molecule has 9 nitrogen and oxygen atoms in total. The summed E-state index contributed by atoms with van der Waals surface area (Å²) in [4.78, 5) is 25.0. The molecule has 0 unspecified atom stereocenters. The van der Waals surface area contributed by atoms with Gasteiger partial charge in [-0.2, -0.15) is 4.31 Å². The monoisotopic (exact) mass is 429 g/mol. The largest absolute Gasteiger partial charge is 0.474 e. The molecule has 0 fully saturated rings. The normalized spacial score (nSPS) is 13.0.